The number of nitrogens with one attached hydrogen (secondary N) is 1. The number of hydrogen-bond acceptors (Lipinski definition) is 4. The maximum Gasteiger partial charge on any atom is 0.248 e. The van der Waals surface area contributed by atoms with Crippen LogP contribution in [0.5, 0.6) is 0 Å². The summed E-state index contributed by atoms with van der Waals surface area (Å²) in [6.45, 7) is 5.20. The maximum absolute atomic E-state index is 11.5. The average molecular weight is 242 g/mol. The topological polar surface area (TPSA) is 87.8 Å². The Bertz CT molecular complexity index is 498. The molecule has 0 radical (unpaired) electrons. The predicted molar refractivity (Wildman–Crippen MR) is 60.2 cm³/mol. The zero-order valence-corrected chi connectivity index (χ0v) is 10.2. The van der Waals surface area contributed by atoms with Crippen LogP contribution < -0.4 is 4.72 Å². The highest BCUT2D eigenvalue weighted by Crippen LogP contribution is 2.13. The van der Waals surface area contributed by atoms with Crippen molar-refractivity contribution in [3.05, 3.63) is 12.4 Å². The smallest absolute Gasteiger partial charge is 0.248 e. The number of aromatic nitrogens is 2. The van der Waals surface area contributed by atoms with E-state index in [9.17, 15) is 8.42 Å². The van der Waals surface area contributed by atoms with Crippen LogP contribution in [0, 0.1) is 11.3 Å². The molecule has 1 N–H and O–H groups in total. The Morgan fingerprint density at radius 1 is 1.50 bits per heavy atom. The first-order valence-electron chi connectivity index (χ1n) is 4.82. The van der Waals surface area contributed by atoms with Crippen molar-refractivity contribution < 1.29 is 8.42 Å². The second-order valence-corrected chi connectivity index (χ2v) is 5.72. The molecule has 6 nitrogen and oxygen atoms in total. The highest BCUT2D eigenvalue weighted by Gasteiger charge is 2.20. The standard InChI is InChI=1S/C9H14N4O2S/c1-7(2)13-6-9(5-11-13)12-16(14,15)8(3)4-10/h5-8,12H,1-3H3. The molecule has 0 bridgehead atoms. The van der Waals surface area contributed by atoms with Gasteiger partial charge in [-0.05, 0) is 20.8 Å². The number of nitriles is 1. The summed E-state index contributed by atoms with van der Waals surface area (Å²) >= 11 is 0. The van der Waals surface area contributed by atoms with Gasteiger partial charge in [-0.2, -0.15) is 10.4 Å². The minimum Gasteiger partial charge on any atom is -0.279 e. The summed E-state index contributed by atoms with van der Waals surface area (Å²) in [5.74, 6) is 0. The molecular formula is C9H14N4O2S. The largest absolute Gasteiger partial charge is 0.279 e. The predicted octanol–water partition coefficient (Wildman–Crippen LogP) is 1.12. The maximum atomic E-state index is 11.5. The number of hydrogen-bond donors (Lipinski definition) is 1. The van der Waals surface area contributed by atoms with E-state index in [2.05, 4.69) is 9.82 Å². The van der Waals surface area contributed by atoms with Crippen molar-refractivity contribution in [2.24, 2.45) is 0 Å². The second kappa shape index (κ2) is 4.53. The quantitative estimate of drug-likeness (QED) is 0.856. The Hall–Kier alpha value is -1.55. The van der Waals surface area contributed by atoms with Gasteiger partial charge in [0.2, 0.25) is 10.0 Å². The van der Waals surface area contributed by atoms with E-state index in [1.54, 1.807) is 16.9 Å². The summed E-state index contributed by atoms with van der Waals surface area (Å²) in [5.41, 5.74) is 0.371. The molecule has 88 valence electrons. The third kappa shape index (κ3) is 2.73. The zero-order chi connectivity index (χ0) is 12.3. The molecule has 0 spiro atoms. The lowest BCUT2D eigenvalue weighted by Gasteiger charge is -2.07. The van der Waals surface area contributed by atoms with Crippen LogP contribution in [0.1, 0.15) is 26.8 Å². The van der Waals surface area contributed by atoms with Crippen molar-refractivity contribution in [2.75, 3.05) is 4.72 Å². The summed E-state index contributed by atoms with van der Waals surface area (Å²) in [6, 6.07) is 1.84. The van der Waals surface area contributed by atoms with Crippen molar-refractivity contribution in [1.29, 1.82) is 5.26 Å². The summed E-state index contributed by atoms with van der Waals surface area (Å²) in [7, 11) is -3.64. The molecule has 0 aliphatic heterocycles. The third-order valence-corrected chi connectivity index (χ3v) is 3.59. The van der Waals surface area contributed by atoms with Crippen molar-refractivity contribution in [3.8, 4) is 6.07 Å². The normalized spacial score (nSPS) is 13.4. The molecule has 1 aromatic rings. The van der Waals surface area contributed by atoms with Crippen LogP contribution in [0.4, 0.5) is 5.69 Å². The Balaban J connectivity index is 2.86. The zero-order valence-electron chi connectivity index (χ0n) is 9.38. The lowest BCUT2D eigenvalue weighted by atomic mass is 10.4. The van der Waals surface area contributed by atoms with Crippen molar-refractivity contribution in [1.82, 2.24) is 9.78 Å². The molecule has 1 atom stereocenters. The highest BCUT2D eigenvalue weighted by atomic mass is 32.2. The molecule has 0 saturated heterocycles. The summed E-state index contributed by atoms with van der Waals surface area (Å²) in [4.78, 5) is 0. The molecule has 1 heterocycles. The Labute approximate surface area is 94.9 Å². The van der Waals surface area contributed by atoms with Crippen molar-refractivity contribution in [2.45, 2.75) is 32.1 Å². The fourth-order valence-electron chi connectivity index (χ4n) is 0.995. The number of nitrogens with zero attached hydrogens (tertiary/aromatic N) is 3. The van der Waals surface area contributed by atoms with Gasteiger partial charge < -0.3 is 0 Å². The minimum absolute atomic E-state index is 0.159. The van der Waals surface area contributed by atoms with Crippen LogP contribution in [-0.2, 0) is 10.0 Å². The van der Waals surface area contributed by atoms with Gasteiger partial charge in [0.05, 0.1) is 18.0 Å². The average Bonchev–Trinajstić information content (AvgIpc) is 2.64. The summed E-state index contributed by atoms with van der Waals surface area (Å²) in [6.07, 6.45) is 3.01. The van der Waals surface area contributed by atoms with Crippen LogP contribution in [0.2, 0.25) is 0 Å². The lowest BCUT2D eigenvalue weighted by molar-refractivity contribution is 0.532. The van der Waals surface area contributed by atoms with Gasteiger partial charge in [-0.15, -0.1) is 0 Å². The van der Waals surface area contributed by atoms with Gasteiger partial charge in [-0.25, -0.2) is 8.42 Å². The van der Waals surface area contributed by atoms with E-state index in [4.69, 9.17) is 5.26 Å². The lowest BCUT2D eigenvalue weighted by Crippen LogP contribution is -2.23. The molecule has 1 unspecified atom stereocenters. The molecule has 16 heavy (non-hydrogen) atoms. The van der Waals surface area contributed by atoms with E-state index < -0.39 is 15.3 Å². The highest BCUT2D eigenvalue weighted by molar-refractivity contribution is 7.93. The molecule has 0 saturated carbocycles. The van der Waals surface area contributed by atoms with Crippen LogP contribution >= 0.6 is 0 Å². The van der Waals surface area contributed by atoms with Gasteiger partial charge in [0, 0.05) is 12.2 Å². The molecule has 0 aliphatic rings. The molecule has 7 heteroatoms. The summed E-state index contributed by atoms with van der Waals surface area (Å²) in [5, 5.41) is 11.5. The van der Waals surface area contributed by atoms with Crippen molar-refractivity contribution in [3.63, 3.8) is 0 Å². The first-order valence-corrected chi connectivity index (χ1v) is 6.37. The molecule has 0 aromatic carbocycles. The molecule has 0 amide bonds. The van der Waals surface area contributed by atoms with Crippen LogP contribution in [0.25, 0.3) is 0 Å². The van der Waals surface area contributed by atoms with E-state index in [-0.39, 0.29) is 6.04 Å². The SMILES string of the molecule is CC(C)n1cc(NS(=O)(=O)C(C)C#N)cn1. The van der Waals surface area contributed by atoms with E-state index in [1.807, 2.05) is 13.8 Å². The van der Waals surface area contributed by atoms with E-state index in [1.165, 1.54) is 13.1 Å². The van der Waals surface area contributed by atoms with Gasteiger partial charge in [-0.1, -0.05) is 0 Å². The van der Waals surface area contributed by atoms with Crippen LogP contribution in [0.15, 0.2) is 12.4 Å². The molecule has 0 aliphatic carbocycles. The van der Waals surface area contributed by atoms with Gasteiger partial charge >= 0.3 is 0 Å². The first kappa shape index (κ1) is 12.5. The fourth-order valence-corrected chi connectivity index (χ4v) is 1.74. The number of sulfonamides is 1. The van der Waals surface area contributed by atoms with E-state index in [0.717, 1.165) is 0 Å². The molecule has 1 aromatic heterocycles. The van der Waals surface area contributed by atoms with Gasteiger partial charge in [0.25, 0.3) is 0 Å². The van der Waals surface area contributed by atoms with Crippen LogP contribution in [0.3, 0.4) is 0 Å². The molecular weight excluding hydrogens is 228 g/mol. The number of rotatable bonds is 4. The van der Waals surface area contributed by atoms with Gasteiger partial charge in [0.1, 0.15) is 0 Å². The summed E-state index contributed by atoms with van der Waals surface area (Å²) < 4.78 is 27.0. The Kier molecular flexibility index (Phi) is 3.55. The van der Waals surface area contributed by atoms with Crippen LogP contribution in [-0.4, -0.2) is 23.4 Å². The molecule has 0 fully saturated rings. The van der Waals surface area contributed by atoms with E-state index in [0.29, 0.717) is 5.69 Å². The van der Waals surface area contributed by atoms with Gasteiger partial charge in [0.15, 0.2) is 5.25 Å². The van der Waals surface area contributed by atoms with Crippen molar-refractivity contribution >= 4 is 15.7 Å². The Morgan fingerprint density at radius 2 is 2.12 bits per heavy atom. The fraction of sp³-hybridized carbons (Fsp3) is 0.556. The van der Waals surface area contributed by atoms with Gasteiger partial charge in [-0.3, -0.25) is 9.40 Å². The monoisotopic (exact) mass is 242 g/mol. The Morgan fingerprint density at radius 3 is 2.56 bits per heavy atom. The number of anilines is 1. The first-order chi connectivity index (χ1) is 7.36. The third-order valence-electron chi connectivity index (χ3n) is 2.04. The second-order valence-electron chi connectivity index (χ2n) is 3.72. The van der Waals surface area contributed by atoms with E-state index >= 15 is 0 Å². The minimum atomic E-state index is -3.64. The molecule has 1 rings (SSSR count).